The summed E-state index contributed by atoms with van der Waals surface area (Å²) in [5.74, 6) is 1.59. The zero-order valence-electron chi connectivity index (χ0n) is 12.2. The fourth-order valence-corrected chi connectivity index (χ4v) is 2.82. The van der Waals surface area contributed by atoms with Gasteiger partial charge in [-0.15, -0.1) is 0 Å². The van der Waals surface area contributed by atoms with Crippen LogP contribution in [0.4, 0.5) is 17.3 Å². The third-order valence-electron chi connectivity index (χ3n) is 3.61. The number of ether oxygens (including phenoxy) is 1. The summed E-state index contributed by atoms with van der Waals surface area (Å²) in [6.07, 6.45) is 4.97. The summed E-state index contributed by atoms with van der Waals surface area (Å²) in [6.45, 7) is 3.23. The molecule has 0 amide bonds. The molecule has 1 aliphatic rings. The molecule has 0 atom stereocenters. The number of anilines is 3. The summed E-state index contributed by atoms with van der Waals surface area (Å²) in [5.41, 5.74) is 1.50. The largest absolute Gasteiger partial charge is 0.378 e. The van der Waals surface area contributed by atoms with Crippen LogP contribution in [0.5, 0.6) is 0 Å². The van der Waals surface area contributed by atoms with Crippen molar-refractivity contribution in [2.75, 3.05) is 36.5 Å². The van der Waals surface area contributed by atoms with Crippen LogP contribution in [-0.4, -0.2) is 50.9 Å². The standard InChI is InChI=1S/C14H14BrN7O/c15-11-8-17-13(14-18-9-19-22(11)14)20-10-1-2-12(16-7-10)21-3-5-23-6-4-21/h1-2,7-9H,3-6H2,(H,17,20). The molecule has 0 bridgehead atoms. The number of hydrogen-bond acceptors (Lipinski definition) is 7. The molecule has 1 saturated heterocycles. The molecule has 1 aliphatic heterocycles. The predicted molar refractivity (Wildman–Crippen MR) is 89.0 cm³/mol. The van der Waals surface area contributed by atoms with E-state index in [-0.39, 0.29) is 0 Å². The summed E-state index contributed by atoms with van der Waals surface area (Å²) in [6, 6.07) is 3.97. The number of nitrogens with one attached hydrogen (secondary N) is 1. The molecule has 0 aromatic carbocycles. The van der Waals surface area contributed by atoms with Gasteiger partial charge in [0.15, 0.2) is 11.5 Å². The van der Waals surface area contributed by atoms with E-state index in [9.17, 15) is 0 Å². The Morgan fingerprint density at radius 2 is 1.96 bits per heavy atom. The topological polar surface area (TPSA) is 80.5 Å². The Morgan fingerprint density at radius 1 is 1.09 bits per heavy atom. The molecule has 1 fully saturated rings. The van der Waals surface area contributed by atoms with Crippen LogP contribution < -0.4 is 10.2 Å². The highest BCUT2D eigenvalue weighted by Gasteiger charge is 2.13. The fraction of sp³-hybridized carbons (Fsp3) is 0.286. The molecule has 3 aromatic heterocycles. The Kier molecular flexibility index (Phi) is 3.80. The van der Waals surface area contributed by atoms with Crippen molar-refractivity contribution in [2.45, 2.75) is 0 Å². The number of pyridine rings is 1. The number of rotatable bonds is 3. The predicted octanol–water partition coefficient (Wildman–Crippen LogP) is 1.86. The fourth-order valence-electron chi connectivity index (χ4n) is 2.45. The summed E-state index contributed by atoms with van der Waals surface area (Å²) in [4.78, 5) is 15.3. The minimum Gasteiger partial charge on any atom is -0.378 e. The quantitative estimate of drug-likeness (QED) is 0.747. The highest BCUT2D eigenvalue weighted by atomic mass is 79.9. The first kappa shape index (κ1) is 14.3. The van der Waals surface area contributed by atoms with Gasteiger partial charge in [0.2, 0.25) is 0 Å². The van der Waals surface area contributed by atoms with Gasteiger partial charge in [0.05, 0.1) is 31.3 Å². The molecular formula is C14H14BrN7O. The zero-order valence-corrected chi connectivity index (χ0v) is 13.8. The number of halogens is 1. The lowest BCUT2D eigenvalue weighted by molar-refractivity contribution is 0.122. The van der Waals surface area contributed by atoms with Crippen LogP contribution in [0.25, 0.3) is 5.65 Å². The number of fused-ring (bicyclic) bond motifs is 1. The van der Waals surface area contributed by atoms with Gasteiger partial charge in [-0.05, 0) is 28.1 Å². The zero-order chi connectivity index (χ0) is 15.6. The van der Waals surface area contributed by atoms with E-state index in [0.29, 0.717) is 11.5 Å². The Hall–Kier alpha value is -2.26. The van der Waals surface area contributed by atoms with Crippen LogP contribution in [0.1, 0.15) is 0 Å². The van der Waals surface area contributed by atoms with Crippen LogP contribution in [0.3, 0.4) is 0 Å². The van der Waals surface area contributed by atoms with Gasteiger partial charge in [0.1, 0.15) is 16.7 Å². The Balaban J connectivity index is 1.56. The molecular weight excluding hydrogens is 362 g/mol. The molecule has 1 N–H and O–H groups in total. The van der Waals surface area contributed by atoms with E-state index >= 15 is 0 Å². The number of hydrogen-bond donors (Lipinski definition) is 1. The monoisotopic (exact) mass is 375 g/mol. The van der Waals surface area contributed by atoms with E-state index in [2.05, 4.69) is 46.2 Å². The van der Waals surface area contributed by atoms with Crippen LogP contribution in [0.2, 0.25) is 0 Å². The van der Waals surface area contributed by atoms with E-state index in [4.69, 9.17) is 4.74 Å². The second-order valence-electron chi connectivity index (χ2n) is 5.05. The summed E-state index contributed by atoms with van der Waals surface area (Å²) in [7, 11) is 0. The van der Waals surface area contributed by atoms with Crippen LogP contribution in [-0.2, 0) is 4.74 Å². The Morgan fingerprint density at radius 3 is 2.74 bits per heavy atom. The normalized spacial score (nSPS) is 15.1. The maximum atomic E-state index is 5.36. The lowest BCUT2D eigenvalue weighted by Crippen LogP contribution is -2.36. The first-order valence-electron chi connectivity index (χ1n) is 7.21. The van der Waals surface area contributed by atoms with E-state index in [0.717, 1.165) is 42.4 Å². The molecule has 0 unspecified atom stereocenters. The Labute approximate surface area is 140 Å². The van der Waals surface area contributed by atoms with E-state index in [1.807, 2.05) is 12.1 Å². The van der Waals surface area contributed by atoms with Gasteiger partial charge in [0.25, 0.3) is 0 Å². The smallest absolute Gasteiger partial charge is 0.199 e. The highest BCUT2D eigenvalue weighted by molar-refractivity contribution is 9.10. The van der Waals surface area contributed by atoms with Gasteiger partial charge in [-0.2, -0.15) is 5.10 Å². The number of aromatic nitrogens is 5. The lowest BCUT2D eigenvalue weighted by Gasteiger charge is -2.27. The van der Waals surface area contributed by atoms with Gasteiger partial charge in [-0.25, -0.2) is 19.5 Å². The molecule has 4 rings (SSSR count). The van der Waals surface area contributed by atoms with Crippen molar-refractivity contribution in [1.29, 1.82) is 0 Å². The third kappa shape index (κ3) is 2.84. The minimum absolute atomic E-state index is 0.631. The lowest BCUT2D eigenvalue weighted by atomic mass is 10.3. The number of morpholine rings is 1. The molecule has 23 heavy (non-hydrogen) atoms. The van der Waals surface area contributed by atoms with Crippen molar-refractivity contribution in [1.82, 2.24) is 24.6 Å². The molecule has 118 valence electrons. The van der Waals surface area contributed by atoms with Gasteiger partial charge in [-0.1, -0.05) is 0 Å². The van der Waals surface area contributed by atoms with Crippen molar-refractivity contribution in [3.63, 3.8) is 0 Å². The average molecular weight is 376 g/mol. The molecule has 3 aromatic rings. The molecule has 8 nitrogen and oxygen atoms in total. The van der Waals surface area contributed by atoms with Gasteiger partial charge in [-0.3, -0.25) is 0 Å². The SMILES string of the molecule is Brc1cnc(Nc2ccc(N3CCOCC3)nc2)c2ncnn12. The van der Waals surface area contributed by atoms with Crippen molar-refractivity contribution in [3.05, 3.63) is 35.5 Å². The van der Waals surface area contributed by atoms with Crippen molar-refractivity contribution in [3.8, 4) is 0 Å². The van der Waals surface area contributed by atoms with Crippen molar-refractivity contribution < 1.29 is 4.74 Å². The maximum absolute atomic E-state index is 5.36. The van der Waals surface area contributed by atoms with Crippen LogP contribution in [0, 0.1) is 0 Å². The molecule has 0 aliphatic carbocycles. The maximum Gasteiger partial charge on any atom is 0.199 e. The molecule has 0 radical (unpaired) electrons. The average Bonchev–Trinajstić information content (AvgIpc) is 3.10. The van der Waals surface area contributed by atoms with Crippen molar-refractivity contribution in [2.24, 2.45) is 0 Å². The summed E-state index contributed by atoms with van der Waals surface area (Å²) >= 11 is 3.39. The number of nitrogens with zero attached hydrogens (tertiary/aromatic N) is 6. The summed E-state index contributed by atoms with van der Waals surface area (Å²) < 4.78 is 7.78. The second kappa shape index (κ2) is 6.09. The first-order valence-corrected chi connectivity index (χ1v) is 8.00. The van der Waals surface area contributed by atoms with E-state index in [1.54, 1.807) is 16.9 Å². The minimum atomic E-state index is 0.631. The molecule has 0 saturated carbocycles. The van der Waals surface area contributed by atoms with Crippen molar-refractivity contribution >= 4 is 38.9 Å². The van der Waals surface area contributed by atoms with Gasteiger partial charge >= 0.3 is 0 Å². The van der Waals surface area contributed by atoms with Crippen LogP contribution in [0.15, 0.2) is 35.5 Å². The Bertz CT molecular complexity index is 814. The van der Waals surface area contributed by atoms with E-state index in [1.165, 1.54) is 6.33 Å². The van der Waals surface area contributed by atoms with Gasteiger partial charge < -0.3 is 15.0 Å². The van der Waals surface area contributed by atoms with Crippen LogP contribution >= 0.6 is 15.9 Å². The second-order valence-corrected chi connectivity index (χ2v) is 5.87. The van der Waals surface area contributed by atoms with Gasteiger partial charge in [0, 0.05) is 13.1 Å². The first-order chi connectivity index (χ1) is 11.3. The third-order valence-corrected chi connectivity index (χ3v) is 4.15. The molecule has 4 heterocycles. The highest BCUT2D eigenvalue weighted by Crippen LogP contribution is 2.22. The molecule has 9 heteroatoms. The summed E-state index contributed by atoms with van der Waals surface area (Å²) in [5, 5.41) is 7.37. The van der Waals surface area contributed by atoms with E-state index < -0.39 is 0 Å². The molecule has 0 spiro atoms.